The number of rotatable bonds is 4. The van der Waals surface area contributed by atoms with E-state index in [1.165, 1.54) is 0 Å². The van der Waals surface area contributed by atoms with Crippen molar-refractivity contribution in [1.29, 1.82) is 0 Å². The van der Waals surface area contributed by atoms with Crippen LogP contribution in [0.4, 0.5) is 0 Å². The molecule has 7 heteroatoms. The highest BCUT2D eigenvalue weighted by molar-refractivity contribution is 6.01. The van der Waals surface area contributed by atoms with Crippen LogP contribution in [-0.2, 0) is 4.74 Å². The molecule has 7 nitrogen and oxygen atoms in total. The third-order valence-corrected chi connectivity index (χ3v) is 4.36. The highest BCUT2D eigenvalue weighted by Crippen LogP contribution is 2.43. The Labute approximate surface area is 146 Å². The molecule has 2 heterocycles. The number of aromatic nitrogens is 1. The summed E-state index contributed by atoms with van der Waals surface area (Å²) in [5, 5.41) is 0.776. The van der Waals surface area contributed by atoms with Crippen LogP contribution in [0.2, 0.25) is 0 Å². The van der Waals surface area contributed by atoms with E-state index in [0.717, 1.165) is 10.9 Å². The van der Waals surface area contributed by atoms with E-state index in [1.807, 2.05) is 18.7 Å². The normalized spacial score (nSPS) is 20.6. The minimum Gasteiger partial charge on any atom is -0.493 e. The summed E-state index contributed by atoms with van der Waals surface area (Å²) in [6, 6.07) is 3.60. The Bertz CT molecular complexity index is 775. The molecular weight excluding hydrogens is 324 g/mol. The van der Waals surface area contributed by atoms with Crippen LogP contribution < -0.4 is 14.2 Å². The predicted octanol–water partition coefficient (Wildman–Crippen LogP) is 2.44. The van der Waals surface area contributed by atoms with Gasteiger partial charge in [0.05, 0.1) is 39.1 Å². The Kier molecular flexibility index (Phi) is 4.76. The molecule has 1 fully saturated rings. The highest BCUT2D eigenvalue weighted by atomic mass is 16.5. The predicted molar refractivity (Wildman–Crippen MR) is 93.9 cm³/mol. The number of hydrogen-bond acceptors (Lipinski definition) is 5. The molecule has 1 aliphatic rings. The number of methoxy groups -OCH3 is 3. The van der Waals surface area contributed by atoms with Gasteiger partial charge in [0.25, 0.3) is 5.91 Å². The molecule has 1 aliphatic heterocycles. The quantitative estimate of drug-likeness (QED) is 0.919. The fourth-order valence-electron chi connectivity index (χ4n) is 3.38. The molecule has 1 amide bonds. The van der Waals surface area contributed by atoms with Crippen LogP contribution in [0.1, 0.15) is 24.3 Å². The van der Waals surface area contributed by atoms with E-state index < -0.39 is 0 Å². The van der Waals surface area contributed by atoms with Crippen LogP contribution in [0.15, 0.2) is 12.1 Å². The van der Waals surface area contributed by atoms with Crippen molar-refractivity contribution in [3.63, 3.8) is 0 Å². The minimum atomic E-state index is -0.0572. The topological polar surface area (TPSA) is 73.0 Å². The van der Waals surface area contributed by atoms with Gasteiger partial charge in [0.15, 0.2) is 11.5 Å². The number of H-pyrrole nitrogens is 1. The lowest BCUT2D eigenvalue weighted by molar-refractivity contribution is -0.0587. The third kappa shape index (κ3) is 3.11. The van der Waals surface area contributed by atoms with Crippen LogP contribution in [0.5, 0.6) is 17.2 Å². The molecule has 0 unspecified atom stereocenters. The number of carbonyl (C=O) groups excluding carboxylic acids is 1. The molecule has 0 saturated carbocycles. The zero-order valence-corrected chi connectivity index (χ0v) is 15.2. The number of fused-ring (bicyclic) bond motifs is 1. The van der Waals surface area contributed by atoms with E-state index in [2.05, 4.69) is 4.98 Å². The second-order valence-electron chi connectivity index (χ2n) is 6.26. The van der Waals surface area contributed by atoms with Crippen LogP contribution in [-0.4, -0.2) is 62.4 Å². The second kappa shape index (κ2) is 6.84. The Morgan fingerprint density at radius 1 is 1.08 bits per heavy atom. The largest absolute Gasteiger partial charge is 0.493 e. The van der Waals surface area contributed by atoms with Crippen molar-refractivity contribution in [3.05, 3.63) is 17.8 Å². The Morgan fingerprint density at radius 2 is 1.72 bits per heavy atom. The summed E-state index contributed by atoms with van der Waals surface area (Å²) in [5.41, 5.74) is 1.26. The Balaban J connectivity index is 2.02. The summed E-state index contributed by atoms with van der Waals surface area (Å²) < 4.78 is 22.0. The van der Waals surface area contributed by atoms with Crippen LogP contribution >= 0.6 is 0 Å². The number of nitrogens with zero attached hydrogens (tertiary/aromatic N) is 1. The maximum absolute atomic E-state index is 12.9. The zero-order chi connectivity index (χ0) is 18.1. The van der Waals surface area contributed by atoms with E-state index in [0.29, 0.717) is 36.0 Å². The van der Waals surface area contributed by atoms with E-state index in [9.17, 15) is 4.79 Å². The fourth-order valence-corrected chi connectivity index (χ4v) is 3.38. The van der Waals surface area contributed by atoms with Crippen molar-refractivity contribution < 1.29 is 23.7 Å². The first-order chi connectivity index (χ1) is 12.0. The molecule has 1 N–H and O–H groups in total. The maximum Gasteiger partial charge on any atom is 0.270 e. The molecule has 2 atom stereocenters. The molecule has 0 spiro atoms. The monoisotopic (exact) mass is 348 g/mol. The van der Waals surface area contributed by atoms with Crippen molar-refractivity contribution in [2.75, 3.05) is 34.4 Å². The van der Waals surface area contributed by atoms with E-state index >= 15 is 0 Å². The van der Waals surface area contributed by atoms with Gasteiger partial charge in [-0.2, -0.15) is 0 Å². The molecule has 0 bridgehead atoms. The van der Waals surface area contributed by atoms with E-state index in [-0.39, 0.29) is 18.1 Å². The van der Waals surface area contributed by atoms with Gasteiger partial charge in [-0.15, -0.1) is 0 Å². The molecule has 136 valence electrons. The van der Waals surface area contributed by atoms with Crippen LogP contribution in [0.3, 0.4) is 0 Å². The van der Waals surface area contributed by atoms with Gasteiger partial charge in [0.1, 0.15) is 5.69 Å². The minimum absolute atomic E-state index is 0.0202. The average molecular weight is 348 g/mol. The first-order valence-electron chi connectivity index (χ1n) is 8.24. The lowest BCUT2D eigenvalue weighted by atomic mass is 10.2. The summed E-state index contributed by atoms with van der Waals surface area (Å²) in [6.45, 7) is 5.09. The van der Waals surface area contributed by atoms with Crippen molar-refractivity contribution in [2.24, 2.45) is 0 Å². The van der Waals surface area contributed by atoms with E-state index in [1.54, 1.807) is 33.5 Å². The molecule has 25 heavy (non-hydrogen) atoms. The fraction of sp³-hybridized carbons (Fsp3) is 0.500. The lowest BCUT2D eigenvalue weighted by Crippen LogP contribution is -2.48. The van der Waals surface area contributed by atoms with Crippen molar-refractivity contribution in [2.45, 2.75) is 26.1 Å². The number of morpholine rings is 1. The zero-order valence-electron chi connectivity index (χ0n) is 15.2. The molecular formula is C18H24N2O5. The Hall–Kier alpha value is -2.41. The summed E-state index contributed by atoms with van der Waals surface area (Å²) in [4.78, 5) is 17.9. The van der Waals surface area contributed by atoms with Crippen LogP contribution in [0.25, 0.3) is 10.9 Å². The molecule has 3 rings (SSSR count). The van der Waals surface area contributed by atoms with Gasteiger partial charge in [-0.05, 0) is 19.9 Å². The molecule has 2 aromatic rings. The van der Waals surface area contributed by atoms with Gasteiger partial charge in [-0.3, -0.25) is 4.79 Å². The van der Waals surface area contributed by atoms with Crippen molar-refractivity contribution >= 4 is 16.8 Å². The number of hydrogen-bond donors (Lipinski definition) is 1. The number of amides is 1. The van der Waals surface area contributed by atoms with Crippen LogP contribution in [0, 0.1) is 0 Å². The van der Waals surface area contributed by atoms with Gasteiger partial charge in [0.2, 0.25) is 5.75 Å². The second-order valence-corrected chi connectivity index (χ2v) is 6.26. The first kappa shape index (κ1) is 17.4. The van der Waals surface area contributed by atoms with Gasteiger partial charge < -0.3 is 28.8 Å². The van der Waals surface area contributed by atoms with Gasteiger partial charge in [-0.25, -0.2) is 0 Å². The highest BCUT2D eigenvalue weighted by Gasteiger charge is 2.28. The average Bonchev–Trinajstić information content (AvgIpc) is 3.01. The molecule has 1 saturated heterocycles. The van der Waals surface area contributed by atoms with Crippen molar-refractivity contribution in [1.82, 2.24) is 9.88 Å². The summed E-state index contributed by atoms with van der Waals surface area (Å²) in [7, 11) is 4.69. The number of aromatic amines is 1. The summed E-state index contributed by atoms with van der Waals surface area (Å²) in [5.74, 6) is 1.53. The summed E-state index contributed by atoms with van der Waals surface area (Å²) >= 11 is 0. The Morgan fingerprint density at radius 3 is 2.28 bits per heavy atom. The number of nitrogens with one attached hydrogen (secondary N) is 1. The first-order valence-corrected chi connectivity index (χ1v) is 8.24. The molecule has 1 aromatic heterocycles. The van der Waals surface area contributed by atoms with Gasteiger partial charge in [-0.1, -0.05) is 0 Å². The molecule has 0 aliphatic carbocycles. The molecule has 0 radical (unpaired) electrons. The van der Waals surface area contributed by atoms with Gasteiger partial charge in [0, 0.05) is 24.5 Å². The maximum atomic E-state index is 12.9. The smallest absolute Gasteiger partial charge is 0.270 e. The third-order valence-electron chi connectivity index (χ3n) is 4.36. The lowest BCUT2D eigenvalue weighted by Gasteiger charge is -2.35. The number of ether oxygens (including phenoxy) is 4. The standard InChI is InChI=1S/C18H24N2O5/c1-10-8-20(9-11(2)25-10)18(21)14-6-12-13(19-14)7-15(22-3)17(24-5)16(12)23-4/h6-7,10-11,19H,8-9H2,1-5H3/t10-,11-/m1/s1. The molecule has 1 aromatic carbocycles. The van der Waals surface area contributed by atoms with Crippen molar-refractivity contribution in [3.8, 4) is 17.2 Å². The SMILES string of the molecule is COc1cc2[nH]c(C(=O)N3C[C@@H](C)O[C@H](C)C3)cc2c(OC)c1OC. The summed E-state index contributed by atoms with van der Waals surface area (Å²) in [6.07, 6.45) is 0.0404. The number of carbonyl (C=O) groups is 1. The van der Waals surface area contributed by atoms with E-state index in [4.69, 9.17) is 18.9 Å². The van der Waals surface area contributed by atoms with Gasteiger partial charge >= 0.3 is 0 Å². The number of benzene rings is 1.